The molecule has 0 aliphatic heterocycles. The van der Waals surface area contributed by atoms with Crippen LogP contribution in [0, 0.1) is 0 Å². The van der Waals surface area contributed by atoms with Gasteiger partial charge in [0.25, 0.3) is 0 Å². The molecule has 0 unspecified atom stereocenters. The van der Waals surface area contributed by atoms with Crippen LogP contribution in [-0.4, -0.2) is 30.0 Å². The van der Waals surface area contributed by atoms with E-state index in [2.05, 4.69) is 20.5 Å². The van der Waals surface area contributed by atoms with Crippen LogP contribution in [0.15, 0.2) is 36.7 Å². The average molecular weight is 255 g/mol. The van der Waals surface area contributed by atoms with Gasteiger partial charge >= 0.3 is 0 Å². The van der Waals surface area contributed by atoms with Crippen LogP contribution < -0.4 is 5.73 Å². The topological polar surface area (TPSA) is 87.4 Å². The SMILES string of the molecule is Cn1nnc(Cn2cc(-c3ccccc3N)cn2)n1. The highest BCUT2D eigenvalue weighted by Gasteiger charge is 2.07. The highest BCUT2D eigenvalue weighted by atomic mass is 15.6. The summed E-state index contributed by atoms with van der Waals surface area (Å²) in [7, 11) is 1.73. The van der Waals surface area contributed by atoms with Gasteiger partial charge in [0.1, 0.15) is 6.54 Å². The summed E-state index contributed by atoms with van der Waals surface area (Å²) in [6.07, 6.45) is 3.70. The maximum atomic E-state index is 5.94. The minimum Gasteiger partial charge on any atom is -0.398 e. The van der Waals surface area contributed by atoms with Crippen molar-refractivity contribution in [3.05, 3.63) is 42.5 Å². The van der Waals surface area contributed by atoms with Crippen LogP contribution in [0.3, 0.4) is 0 Å². The van der Waals surface area contributed by atoms with Gasteiger partial charge in [0.2, 0.25) is 0 Å². The average Bonchev–Trinajstić information content (AvgIpc) is 3.00. The molecular weight excluding hydrogens is 242 g/mol. The van der Waals surface area contributed by atoms with Crippen molar-refractivity contribution in [2.24, 2.45) is 7.05 Å². The molecule has 7 heteroatoms. The van der Waals surface area contributed by atoms with Gasteiger partial charge in [-0.25, -0.2) is 0 Å². The smallest absolute Gasteiger partial charge is 0.196 e. The van der Waals surface area contributed by atoms with Gasteiger partial charge in [-0.05, 0) is 11.3 Å². The normalized spacial score (nSPS) is 10.8. The first-order valence-electron chi connectivity index (χ1n) is 5.82. The zero-order valence-corrected chi connectivity index (χ0v) is 10.4. The van der Waals surface area contributed by atoms with Gasteiger partial charge < -0.3 is 5.73 Å². The fourth-order valence-corrected chi connectivity index (χ4v) is 1.88. The number of nitrogen functional groups attached to an aromatic ring is 1. The van der Waals surface area contributed by atoms with Gasteiger partial charge in [0.05, 0.1) is 13.2 Å². The van der Waals surface area contributed by atoms with Crippen molar-refractivity contribution < 1.29 is 0 Å². The van der Waals surface area contributed by atoms with Crippen molar-refractivity contribution >= 4 is 5.69 Å². The number of aromatic nitrogens is 6. The van der Waals surface area contributed by atoms with E-state index in [1.54, 1.807) is 17.9 Å². The minimum absolute atomic E-state index is 0.487. The number of anilines is 1. The van der Waals surface area contributed by atoms with Crippen LogP contribution in [0.4, 0.5) is 5.69 Å². The minimum atomic E-state index is 0.487. The summed E-state index contributed by atoms with van der Waals surface area (Å²) in [5.41, 5.74) is 8.63. The molecular formula is C12H13N7. The second-order valence-electron chi connectivity index (χ2n) is 4.21. The number of hydrogen-bond donors (Lipinski definition) is 1. The van der Waals surface area contributed by atoms with E-state index >= 15 is 0 Å². The lowest BCUT2D eigenvalue weighted by atomic mass is 10.1. The lowest BCUT2D eigenvalue weighted by Crippen LogP contribution is -2.02. The molecule has 0 saturated heterocycles. The molecule has 0 aliphatic rings. The summed E-state index contributed by atoms with van der Waals surface area (Å²) in [5.74, 6) is 0.623. The third-order valence-corrected chi connectivity index (χ3v) is 2.76. The van der Waals surface area contributed by atoms with Crippen LogP contribution in [0.25, 0.3) is 11.1 Å². The first-order chi connectivity index (χ1) is 9.22. The number of nitrogens with two attached hydrogens (primary N) is 1. The molecule has 3 aromatic rings. The molecule has 0 bridgehead atoms. The summed E-state index contributed by atoms with van der Waals surface area (Å²) < 4.78 is 1.76. The summed E-state index contributed by atoms with van der Waals surface area (Å²) in [5, 5.41) is 16.1. The highest BCUT2D eigenvalue weighted by Crippen LogP contribution is 2.24. The zero-order valence-electron chi connectivity index (χ0n) is 10.4. The summed E-state index contributed by atoms with van der Waals surface area (Å²) in [4.78, 5) is 1.43. The molecule has 2 aromatic heterocycles. The second-order valence-corrected chi connectivity index (χ2v) is 4.21. The van der Waals surface area contributed by atoms with Gasteiger partial charge in [0.15, 0.2) is 5.82 Å². The third kappa shape index (κ3) is 2.30. The van der Waals surface area contributed by atoms with Crippen molar-refractivity contribution in [2.45, 2.75) is 6.54 Å². The molecule has 19 heavy (non-hydrogen) atoms. The van der Waals surface area contributed by atoms with Crippen molar-refractivity contribution in [1.29, 1.82) is 0 Å². The van der Waals surface area contributed by atoms with E-state index in [-0.39, 0.29) is 0 Å². The molecule has 0 radical (unpaired) electrons. The third-order valence-electron chi connectivity index (χ3n) is 2.76. The van der Waals surface area contributed by atoms with E-state index in [1.807, 2.05) is 30.5 Å². The highest BCUT2D eigenvalue weighted by molar-refractivity contribution is 5.75. The Balaban J connectivity index is 1.86. The molecule has 0 fully saturated rings. The second kappa shape index (κ2) is 4.52. The molecule has 0 aliphatic carbocycles. The van der Waals surface area contributed by atoms with Gasteiger partial charge in [0, 0.05) is 23.0 Å². The lowest BCUT2D eigenvalue weighted by molar-refractivity contribution is 0.617. The fourth-order valence-electron chi connectivity index (χ4n) is 1.88. The van der Waals surface area contributed by atoms with Gasteiger partial charge in [-0.1, -0.05) is 18.2 Å². The number of aryl methyl sites for hydroxylation is 1. The Labute approximate surface area is 109 Å². The van der Waals surface area contributed by atoms with E-state index in [1.165, 1.54) is 4.80 Å². The first-order valence-corrected chi connectivity index (χ1v) is 5.82. The van der Waals surface area contributed by atoms with E-state index in [0.29, 0.717) is 12.4 Å². The van der Waals surface area contributed by atoms with Crippen LogP contribution in [0.2, 0.25) is 0 Å². The summed E-state index contributed by atoms with van der Waals surface area (Å²) >= 11 is 0. The number of tetrazole rings is 1. The molecule has 2 N–H and O–H groups in total. The number of nitrogens with zero attached hydrogens (tertiary/aromatic N) is 6. The number of rotatable bonds is 3. The lowest BCUT2D eigenvalue weighted by Gasteiger charge is -2.01. The Bertz CT molecular complexity index is 697. The van der Waals surface area contributed by atoms with Crippen LogP contribution in [0.1, 0.15) is 5.82 Å². The molecule has 0 amide bonds. The van der Waals surface area contributed by atoms with E-state index in [4.69, 9.17) is 5.73 Å². The predicted octanol–water partition coefficient (Wildman–Crippen LogP) is 0.704. The maximum absolute atomic E-state index is 5.94. The maximum Gasteiger partial charge on any atom is 0.196 e. The van der Waals surface area contributed by atoms with Gasteiger partial charge in [-0.2, -0.15) is 9.90 Å². The molecule has 0 saturated carbocycles. The molecule has 2 heterocycles. The van der Waals surface area contributed by atoms with Gasteiger partial charge in [-0.15, -0.1) is 10.2 Å². The van der Waals surface area contributed by atoms with E-state index in [0.717, 1.165) is 16.8 Å². The molecule has 7 nitrogen and oxygen atoms in total. The van der Waals surface area contributed by atoms with Crippen LogP contribution in [0.5, 0.6) is 0 Å². The number of benzene rings is 1. The standard InChI is InChI=1S/C12H13N7/c1-18-16-12(15-17-18)8-19-7-9(6-14-19)10-4-2-3-5-11(10)13/h2-7H,8,13H2,1H3. The molecule has 96 valence electrons. The van der Waals surface area contributed by atoms with Gasteiger partial charge in [-0.3, -0.25) is 4.68 Å². The Morgan fingerprint density at radius 3 is 2.84 bits per heavy atom. The van der Waals surface area contributed by atoms with Crippen LogP contribution >= 0.6 is 0 Å². The monoisotopic (exact) mass is 255 g/mol. The Morgan fingerprint density at radius 2 is 2.11 bits per heavy atom. The van der Waals surface area contributed by atoms with Crippen LogP contribution in [-0.2, 0) is 13.6 Å². The van der Waals surface area contributed by atoms with Crippen molar-refractivity contribution in [3.8, 4) is 11.1 Å². The summed E-state index contributed by atoms with van der Waals surface area (Å²) in [6, 6.07) is 7.70. The van der Waals surface area contributed by atoms with Crippen molar-refractivity contribution in [2.75, 3.05) is 5.73 Å². The quantitative estimate of drug-likeness (QED) is 0.696. The van der Waals surface area contributed by atoms with Crippen molar-refractivity contribution in [3.63, 3.8) is 0 Å². The predicted molar refractivity (Wildman–Crippen MR) is 70.0 cm³/mol. The molecule has 3 rings (SSSR count). The zero-order chi connectivity index (χ0) is 13.2. The Morgan fingerprint density at radius 1 is 1.26 bits per heavy atom. The van der Waals surface area contributed by atoms with E-state index < -0.39 is 0 Å². The largest absolute Gasteiger partial charge is 0.398 e. The molecule has 1 aromatic carbocycles. The molecule has 0 atom stereocenters. The number of hydrogen-bond acceptors (Lipinski definition) is 5. The first kappa shape index (κ1) is 11.4. The summed E-state index contributed by atoms with van der Waals surface area (Å²) in [6.45, 7) is 0.487. The number of para-hydroxylation sites is 1. The Kier molecular flexibility index (Phi) is 2.71. The van der Waals surface area contributed by atoms with Crippen molar-refractivity contribution in [1.82, 2.24) is 30.0 Å². The molecule has 0 spiro atoms. The Hall–Kier alpha value is -2.70. The fraction of sp³-hybridized carbons (Fsp3) is 0.167. The van der Waals surface area contributed by atoms with E-state index in [9.17, 15) is 0 Å².